The molecule has 8 nitrogen and oxygen atoms in total. The van der Waals surface area contributed by atoms with Crippen LogP contribution in [0, 0.1) is 0 Å². The number of allylic oxidation sites excluding steroid dienone is 1. The molecule has 8 heteroatoms. The molecule has 2 aromatic rings. The van der Waals surface area contributed by atoms with Gasteiger partial charge in [0.15, 0.2) is 5.82 Å². The number of rotatable bonds is 11. The molecule has 0 bridgehead atoms. The summed E-state index contributed by atoms with van der Waals surface area (Å²) in [5.74, 6) is 1.91. The largest absolute Gasteiger partial charge is 0.494 e. The molecule has 168 valence electrons. The lowest BCUT2D eigenvalue weighted by Crippen LogP contribution is -2.31. The summed E-state index contributed by atoms with van der Waals surface area (Å²) in [7, 11) is 0. The number of nitrogens with one attached hydrogen (secondary N) is 1. The number of aromatic nitrogens is 3. The fourth-order valence-electron chi connectivity index (χ4n) is 3.18. The molecule has 0 spiro atoms. The van der Waals surface area contributed by atoms with Gasteiger partial charge in [0.1, 0.15) is 36.3 Å². The van der Waals surface area contributed by atoms with Crippen LogP contribution in [0.5, 0.6) is 11.5 Å². The van der Waals surface area contributed by atoms with Crippen LogP contribution in [0.15, 0.2) is 67.0 Å². The summed E-state index contributed by atoms with van der Waals surface area (Å²) in [5.41, 5.74) is 0.369. The zero-order valence-electron chi connectivity index (χ0n) is 18.4. The maximum Gasteiger partial charge on any atom is 0.260 e. The Kier molecular flexibility index (Phi) is 8.36. The molecule has 0 fully saturated rings. The lowest BCUT2D eigenvalue weighted by molar-refractivity contribution is 0.0973. The van der Waals surface area contributed by atoms with Crippen LogP contribution < -0.4 is 14.8 Å². The van der Waals surface area contributed by atoms with Crippen molar-refractivity contribution >= 4 is 11.7 Å². The smallest absolute Gasteiger partial charge is 0.260 e. The molecule has 0 radical (unpaired) electrons. The first-order chi connectivity index (χ1) is 15.7. The zero-order valence-corrected chi connectivity index (χ0v) is 18.4. The lowest BCUT2D eigenvalue weighted by atomic mass is 10.1. The molecule has 1 aromatic heterocycles. The van der Waals surface area contributed by atoms with Crippen LogP contribution in [-0.4, -0.2) is 39.7 Å². The Bertz CT molecular complexity index is 1010. The van der Waals surface area contributed by atoms with Gasteiger partial charge in [0.05, 0.1) is 12.2 Å². The van der Waals surface area contributed by atoms with Crippen LogP contribution in [0.1, 0.15) is 48.4 Å². The summed E-state index contributed by atoms with van der Waals surface area (Å²) in [6.07, 6.45) is 11.4. The SMILES string of the molecule is C=CCOc1ccc(OCCCC)cc1C(=O)NC1=NC(c2nncn2CC=C)CC=C1. The third-order valence-corrected chi connectivity index (χ3v) is 4.76. The van der Waals surface area contributed by atoms with Gasteiger partial charge in [-0.25, -0.2) is 0 Å². The number of benzene rings is 1. The van der Waals surface area contributed by atoms with Crippen molar-refractivity contribution < 1.29 is 14.3 Å². The van der Waals surface area contributed by atoms with Crippen molar-refractivity contribution in [1.29, 1.82) is 0 Å². The van der Waals surface area contributed by atoms with E-state index in [0.29, 0.717) is 42.5 Å². The molecule has 1 atom stereocenters. The van der Waals surface area contributed by atoms with Crippen LogP contribution in [0.4, 0.5) is 0 Å². The van der Waals surface area contributed by atoms with Crippen molar-refractivity contribution in [3.05, 3.63) is 73.4 Å². The van der Waals surface area contributed by atoms with Crippen LogP contribution in [0.2, 0.25) is 0 Å². The summed E-state index contributed by atoms with van der Waals surface area (Å²) in [6.45, 7) is 11.0. The number of aliphatic imine (C=N–C) groups is 1. The Morgan fingerprint density at radius 3 is 2.97 bits per heavy atom. The number of ether oxygens (including phenoxy) is 2. The van der Waals surface area contributed by atoms with Crippen molar-refractivity contribution in [3.8, 4) is 11.5 Å². The third kappa shape index (κ3) is 5.94. The number of amides is 1. The van der Waals surface area contributed by atoms with Crippen LogP contribution in [-0.2, 0) is 6.54 Å². The predicted octanol–water partition coefficient (Wildman–Crippen LogP) is 4.04. The van der Waals surface area contributed by atoms with Gasteiger partial charge in [-0.3, -0.25) is 9.79 Å². The molecule has 1 aliphatic heterocycles. The number of carbonyl (C=O) groups excluding carboxylic acids is 1. The summed E-state index contributed by atoms with van der Waals surface area (Å²) in [6, 6.07) is 4.98. The van der Waals surface area contributed by atoms with Gasteiger partial charge in [0.25, 0.3) is 5.91 Å². The summed E-state index contributed by atoms with van der Waals surface area (Å²) >= 11 is 0. The highest BCUT2D eigenvalue weighted by molar-refractivity contribution is 6.11. The minimum Gasteiger partial charge on any atom is -0.494 e. The topological polar surface area (TPSA) is 90.6 Å². The van der Waals surface area contributed by atoms with Gasteiger partial charge in [-0.05, 0) is 37.1 Å². The van der Waals surface area contributed by atoms with E-state index in [1.165, 1.54) is 0 Å². The van der Waals surface area contributed by atoms with Crippen LogP contribution >= 0.6 is 0 Å². The summed E-state index contributed by atoms with van der Waals surface area (Å²) in [4.78, 5) is 17.8. The van der Waals surface area contributed by atoms with E-state index in [9.17, 15) is 4.79 Å². The summed E-state index contributed by atoms with van der Waals surface area (Å²) in [5, 5.41) is 11.0. The second-order valence-electron chi connectivity index (χ2n) is 7.21. The molecule has 0 saturated heterocycles. The number of amidine groups is 1. The van der Waals surface area contributed by atoms with Gasteiger partial charge in [-0.15, -0.1) is 16.8 Å². The van der Waals surface area contributed by atoms with E-state index in [-0.39, 0.29) is 18.6 Å². The predicted molar refractivity (Wildman–Crippen MR) is 124 cm³/mol. The van der Waals surface area contributed by atoms with E-state index in [2.05, 4.69) is 40.6 Å². The second-order valence-corrected chi connectivity index (χ2v) is 7.21. The molecular weight excluding hydrogens is 406 g/mol. The Labute approximate surface area is 188 Å². The first kappa shape index (κ1) is 23.0. The fraction of sp³-hybridized carbons (Fsp3) is 0.333. The van der Waals surface area contributed by atoms with E-state index < -0.39 is 0 Å². The number of hydrogen-bond donors (Lipinski definition) is 1. The average molecular weight is 436 g/mol. The number of hydrogen-bond acceptors (Lipinski definition) is 6. The molecule has 0 saturated carbocycles. The number of nitrogens with zero attached hydrogens (tertiary/aromatic N) is 4. The lowest BCUT2D eigenvalue weighted by Gasteiger charge is -2.17. The average Bonchev–Trinajstić information content (AvgIpc) is 3.27. The van der Waals surface area contributed by atoms with E-state index in [1.54, 1.807) is 42.8 Å². The van der Waals surface area contributed by atoms with Gasteiger partial charge in [0.2, 0.25) is 0 Å². The fourth-order valence-corrected chi connectivity index (χ4v) is 3.18. The first-order valence-electron chi connectivity index (χ1n) is 10.7. The highest BCUT2D eigenvalue weighted by Gasteiger charge is 2.21. The molecule has 3 rings (SSSR count). The van der Waals surface area contributed by atoms with E-state index in [4.69, 9.17) is 9.47 Å². The van der Waals surface area contributed by atoms with Crippen molar-refractivity contribution in [3.63, 3.8) is 0 Å². The summed E-state index contributed by atoms with van der Waals surface area (Å²) < 4.78 is 13.3. The van der Waals surface area contributed by atoms with Gasteiger partial charge < -0.3 is 19.4 Å². The highest BCUT2D eigenvalue weighted by atomic mass is 16.5. The normalized spacial score (nSPS) is 15.0. The monoisotopic (exact) mass is 435 g/mol. The minimum atomic E-state index is -0.332. The number of carbonyl (C=O) groups is 1. The quantitative estimate of drug-likeness (QED) is 0.425. The van der Waals surface area contributed by atoms with E-state index in [1.807, 2.05) is 10.6 Å². The molecule has 2 heterocycles. The van der Waals surface area contributed by atoms with E-state index >= 15 is 0 Å². The van der Waals surface area contributed by atoms with Crippen molar-refractivity contribution in [2.24, 2.45) is 4.99 Å². The number of dihydropyridines is 1. The molecular formula is C24H29N5O3. The molecule has 32 heavy (non-hydrogen) atoms. The number of unbranched alkanes of at least 4 members (excludes halogenated alkanes) is 1. The van der Waals surface area contributed by atoms with Crippen LogP contribution in [0.25, 0.3) is 0 Å². The Balaban J connectivity index is 1.79. The molecule has 1 unspecified atom stereocenters. The maximum atomic E-state index is 13.1. The highest BCUT2D eigenvalue weighted by Crippen LogP contribution is 2.26. The molecule has 0 aliphatic carbocycles. The van der Waals surface area contributed by atoms with Crippen molar-refractivity contribution in [1.82, 2.24) is 20.1 Å². The maximum absolute atomic E-state index is 13.1. The van der Waals surface area contributed by atoms with Gasteiger partial charge in [-0.2, -0.15) is 0 Å². The molecule has 1 N–H and O–H groups in total. The standard InChI is InChI=1S/C24H29N5O3/c1-4-7-15-31-18-11-12-21(32-14-6-3)19(16-18)24(30)27-22-10-8-9-20(26-22)23-28-25-17-29(23)13-5-2/h5-6,8,10-12,16-17,20H,2-4,7,9,13-15H2,1H3,(H,26,27,30). The van der Waals surface area contributed by atoms with Crippen LogP contribution in [0.3, 0.4) is 0 Å². The molecule has 1 amide bonds. The Morgan fingerprint density at radius 1 is 1.31 bits per heavy atom. The third-order valence-electron chi connectivity index (χ3n) is 4.76. The van der Waals surface area contributed by atoms with Gasteiger partial charge in [0, 0.05) is 6.54 Å². The second kappa shape index (κ2) is 11.6. The molecule has 1 aliphatic rings. The Hall–Kier alpha value is -3.68. The minimum absolute atomic E-state index is 0.238. The molecule has 1 aromatic carbocycles. The van der Waals surface area contributed by atoms with Gasteiger partial charge in [-0.1, -0.05) is 38.2 Å². The van der Waals surface area contributed by atoms with Crippen molar-refractivity contribution in [2.45, 2.75) is 38.8 Å². The Morgan fingerprint density at radius 2 is 2.19 bits per heavy atom. The van der Waals surface area contributed by atoms with Gasteiger partial charge >= 0.3 is 0 Å². The van der Waals surface area contributed by atoms with E-state index in [0.717, 1.165) is 18.7 Å². The van der Waals surface area contributed by atoms with Crippen molar-refractivity contribution in [2.75, 3.05) is 13.2 Å². The zero-order chi connectivity index (χ0) is 22.8. The first-order valence-corrected chi connectivity index (χ1v) is 10.7.